The normalized spacial score (nSPS) is 12.1. The summed E-state index contributed by atoms with van der Waals surface area (Å²) in [6.45, 7) is 3.64. The number of hydrogen-bond acceptors (Lipinski definition) is 4. The maximum absolute atomic E-state index is 13.4. The fourth-order valence-corrected chi connectivity index (χ4v) is 4.82. The van der Waals surface area contributed by atoms with Gasteiger partial charge in [0.15, 0.2) is 0 Å². The molecule has 32 heavy (non-hydrogen) atoms. The fraction of sp³-hybridized carbons (Fsp3) is 0.240. The Morgan fingerprint density at radius 1 is 0.969 bits per heavy atom. The van der Waals surface area contributed by atoms with Gasteiger partial charge in [-0.2, -0.15) is 0 Å². The van der Waals surface area contributed by atoms with Gasteiger partial charge >= 0.3 is 0 Å². The Morgan fingerprint density at radius 2 is 1.59 bits per heavy atom. The van der Waals surface area contributed by atoms with E-state index in [0.717, 1.165) is 15.4 Å². The topological polar surface area (TPSA) is 75.7 Å². The number of hydrogen-bond donors (Lipinski definition) is 1. The number of carbonyl (C=O) groups excluding carboxylic acids is 1. The first-order chi connectivity index (χ1) is 15.3. The molecule has 0 heterocycles. The summed E-state index contributed by atoms with van der Waals surface area (Å²) in [5.74, 6) is 0.216. The zero-order valence-electron chi connectivity index (χ0n) is 18.5. The first kappa shape index (κ1) is 23.3. The van der Waals surface area contributed by atoms with Crippen molar-refractivity contribution in [2.75, 3.05) is 18.0 Å². The molecule has 0 aliphatic rings. The van der Waals surface area contributed by atoms with Crippen LogP contribution in [-0.4, -0.2) is 28.0 Å². The standard InChI is InChI=1S/C25H28N2O4S/c1-4-24(20-12-10-19(2)11-13-20)26-25(28)18-27(21-14-16-22(31-3)17-15-21)32(29,30)23-8-6-5-7-9-23/h5-17,24H,4,18H2,1-3H3,(H,26,28)/t24-/m1/s1. The van der Waals surface area contributed by atoms with E-state index in [-0.39, 0.29) is 23.4 Å². The Kier molecular flexibility index (Phi) is 7.53. The lowest BCUT2D eigenvalue weighted by atomic mass is 10.0. The van der Waals surface area contributed by atoms with Crippen LogP contribution in [0.15, 0.2) is 83.8 Å². The lowest BCUT2D eigenvalue weighted by Crippen LogP contribution is -2.42. The van der Waals surface area contributed by atoms with Gasteiger partial charge in [0.05, 0.1) is 23.7 Å². The maximum Gasteiger partial charge on any atom is 0.264 e. The summed E-state index contributed by atoms with van der Waals surface area (Å²) in [5, 5.41) is 2.98. The number of aryl methyl sites for hydroxylation is 1. The van der Waals surface area contributed by atoms with E-state index in [0.29, 0.717) is 17.9 Å². The lowest BCUT2D eigenvalue weighted by molar-refractivity contribution is -0.120. The molecule has 3 aromatic rings. The van der Waals surface area contributed by atoms with Crippen LogP contribution in [0.2, 0.25) is 0 Å². The number of rotatable bonds is 9. The highest BCUT2D eigenvalue weighted by atomic mass is 32.2. The van der Waals surface area contributed by atoms with E-state index in [2.05, 4.69) is 5.32 Å². The van der Waals surface area contributed by atoms with Gasteiger partial charge in [-0.25, -0.2) is 8.42 Å². The number of nitrogens with one attached hydrogen (secondary N) is 1. The van der Waals surface area contributed by atoms with Crippen molar-refractivity contribution >= 4 is 21.6 Å². The van der Waals surface area contributed by atoms with E-state index < -0.39 is 10.0 Å². The molecule has 0 unspecified atom stereocenters. The predicted molar refractivity (Wildman–Crippen MR) is 126 cm³/mol. The Labute approximate surface area is 189 Å². The molecular formula is C25H28N2O4S. The molecule has 0 aromatic heterocycles. The van der Waals surface area contributed by atoms with Crippen LogP contribution < -0.4 is 14.4 Å². The highest BCUT2D eigenvalue weighted by molar-refractivity contribution is 7.92. The fourth-order valence-electron chi connectivity index (χ4n) is 3.37. The van der Waals surface area contributed by atoms with E-state index >= 15 is 0 Å². The van der Waals surface area contributed by atoms with Crippen LogP contribution in [0.1, 0.15) is 30.5 Å². The molecule has 1 atom stereocenters. The van der Waals surface area contributed by atoms with Crippen LogP contribution in [0.3, 0.4) is 0 Å². The first-order valence-corrected chi connectivity index (χ1v) is 11.9. The van der Waals surface area contributed by atoms with E-state index in [4.69, 9.17) is 4.74 Å². The van der Waals surface area contributed by atoms with Crippen LogP contribution in [0.5, 0.6) is 5.75 Å². The number of nitrogens with zero attached hydrogens (tertiary/aromatic N) is 1. The molecule has 1 amide bonds. The van der Waals surface area contributed by atoms with Crippen LogP contribution in [-0.2, 0) is 14.8 Å². The molecule has 0 aliphatic heterocycles. The zero-order valence-corrected chi connectivity index (χ0v) is 19.3. The Hall–Kier alpha value is -3.32. The molecule has 0 saturated carbocycles. The number of amides is 1. The molecule has 0 saturated heterocycles. The van der Waals surface area contributed by atoms with Gasteiger partial charge in [0.1, 0.15) is 12.3 Å². The minimum absolute atomic E-state index is 0.120. The minimum atomic E-state index is -3.95. The minimum Gasteiger partial charge on any atom is -0.497 e. The molecule has 0 aliphatic carbocycles. The third kappa shape index (κ3) is 5.48. The quantitative estimate of drug-likeness (QED) is 0.520. The second-order valence-corrected chi connectivity index (χ2v) is 9.32. The molecular weight excluding hydrogens is 424 g/mol. The molecule has 0 spiro atoms. The van der Waals surface area contributed by atoms with Gasteiger partial charge < -0.3 is 10.1 Å². The van der Waals surface area contributed by atoms with Crippen molar-refractivity contribution in [3.05, 3.63) is 90.0 Å². The van der Waals surface area contributed by atoms with Crippen LogP contribution >= 0.6 is 0 Å². The van der Waals surface area contributed by atoms with Crippen molar-refractivity contribution in [1.82, 2.24) is 5.32 Å². The van der Waals surface area contributed by atoms with Gasteiger partial charge in [-0.1, -0.05) is 55.0 Å². The molecule has 3 aromatic carbocycles. The summed E-state index contributed by atoms with van der Waals surface area (Å²) in [7, 11) is -2.41. The number of anilines is 1. The molecule has 6 nitrogen and oxygen atoms in total. The van der Waals surface area contributed by atoms with Crippen molar-refractivity contribution in [2.24, 2.45) is 0 Å². The second-order valence-electron chi connectivity index (χ2n) is 7.46. The number of benzene rings is 3. The molecule has 1 N–H and O–H groups in total. The SMILES string of the molecule is CC[C@@H](NC(=O)CN(c1ccc(OC)cc1)S(=O)(=O)c1ccccc1)c1ccc(C)cc1. The summed E-state index contributed by atoms with van der Waals surface area (Å²) in [6, 6.07) is 22.4. The van der Waals surface area contributed by atoms with Crippen LogP contribution in [0, 0.1) is 6.92 Å². The third-order valence-corrected chi connectivity index (χ3v) is 6.99. The lowest BCUT2D eigenvalue weighted by Gasteiger charge is -2.26. The van der Waals surface area contributed by atoms with Gasteiger partial charge in [-0.05, 0) is 55.3 Å². The molecule has 0 radical (unpaired) electrons. The Bertz CT molecular complexity index is 1130. The zero-order chi connectivity index (χ0) is 23.1. The summed E-state index contributed by atoms with van der Waals surface area (Å²) in [5.41, 5.74) is 2.50. The van der Waals surface area contributed by atoms with Crippen LogP contribution in [0.4, 0.5) is 5.69 Å². The van der Waals surface area contributed by atoms with Gasteiger partial charge in [0, 0.05) is 0 Å². The molecule has 7 heteroatoms. The highest BCUT2D eigenvalue weighted by Crippen LogP contribution is 2.26. The summed E-state index contributed by atoms with van der Waals surface area (Å²) < 4.78 is 33.1. The van der Waals surface area contributed by atoms with E-state index in [1.165, 1.54) is 19.2 Å². The number of ether oxygens (including phenoxy) is 1. The summed E-state index contributed by atoms with van der Waals surface area (Å²) in [4.78, 5) is 13.1. The predicted octanol–water partition coefficient (Wildman–Crippen LogP) is 4.47. The van der Waals surface area contributed by atoms with E-state index in [1.54, 1.807) is 42.5 Å². The Balaban J connectivity index is 1.89. The third-order valence-electron chi connectivity index (χ3n) is 5.20. The van der Waals surface area contributed by atoms with Gasteiger partial charge in [0.25, 0.3) is 10.0 Å². The average molecular weight is 453 g/mol. The molecule has 0 bridgehead atoms. The maximum atomic E-state index is 13.4. The first-order valence-electron chi connectivity index (χ1n) is 10.4. The smallest absolute Gasteiger partial charge is 0.264 e. The van der Waals surface area contributed by atoms with Crippen molar-refractivity contribution in [1.29, 1.82) is 0 Å². The largest absolute Gasteiger partial charge is 0.497 e. The second kappa shape index (κ2) is 10.3. The van der Waals surface area contributed by atoms with Gasteiger partial charge in [0.2, 0.25) is 5.91 Å². The van der Waals surface area contributed by atoms with Crippen molar-refractivity contribution in [2.45, 2.75) is 31.2 Å². The molecule has 168 valence electrons. The average Bonchev–Trinajstić information content (AvgIpc) is 2.82. The van der Waals surface area contributed by atoms with E-state index in [1.807, 2.05) is 38.1 Å². The monoisotopic (exact) mass is 452 g/mol. The number of sulfonamides is 1. The summed E-state index contributed by atoms with van der Waals surface area (Å²) >= 11 is 0. The van der Waals surface area contributed by atoms with E-state index in [9.17, 15) is 13.2 Å². The number of methoxy groups -OCH3 is 1. The van der Waals surface area contributed by atoms with Crippen molar-refractivity contribution < 1.29 is 17.9 Å². The Morgan fingerprint density at radius 3 is 2.16 bits per heavy atom. The molecule has 3 rings (SSSR count). The van der Waals surface area contributed by atoms with Crippen molar-refractivity contribution in [3.63, 3.8) is 0 Å². The number of carbonyl (C=O) groups is 1. The molecule has 0 fully saturated rings. The van der Waals surface area contributed by atoms with Gasteiger partial charge in [-0.3, -0.25) is 9.10 Å². The van der Waals surface area contributed by atoms with Crippen molar-refractivity contribution in [3.8, 4) is 5.75 Å². The highest BCUT2D eigenvalue weighted by Gasteiger charge is 2.28. The van der Waals surface area contributed by atoms with Gasteiger partial charge in [-0.15, -0.1) is 0 Å². The van der Waals surface area contributed by atoms with Crippen LogP contribution in [0.25, 0.3) is 0 Å². The summed E-state index contributed by atoms with van der Waals surface area (Å²) in [6.07, 6.45) is 0.683.